The molecule has 0 radical (unpaired) electrons. The Hall–Kier alpha value is -1.26. The summed E-state index contributed by atoms with van der Waals surface area (Å²) in [6, 6.07) is 0. The van der Waals surface area contributed by atoms with Crippen molar-refractivity contribution in [2.45, 2.75) is 45.6 Å². The van der Waals surface area contributed by atoms with Gasteiger partial charge < -0.3 is 15.2 Å². The zero-order valence-electron chi connectivity index (χ0n) is 10.7. The van der Waals surface area contributed by atoms with Gasteiger partial charge in [0.25, 0.3) is 0 Å². The van der Waals surface area contributed by atoms with Gasteiger partial charge in [-0.2, -0.15) is 0 Å². The number of hydrogen-bond acceptors (Lipinski definition) is 3. The van der Waals surface area contributed by atoms with Gasteiger partial charge in [0.1, 0.15) is 5.60 Å². The average molecular weight is 243 g/mol. The Morgan fingerprint density at radius 1 is 1.41 bits per heavy atom. The first kappa shape index (κ1) is 13.8. The molecule has 1 saturated carbocycles. The lowest BCUT2D eigenvalue weighted by atomic mass is 10.00. The number of carboxylic acids is 1. The summed E-state index contributed by atoms with van der Waals surface area (Å²) in [6.07, 6.45) is 1.76. The molecule has 98 valence electrons. The minimum Gasteiger partial charge on any atom is -0.481 e. The number of aliphatic carboxylic acids is 1. The molecule has 1 aliphatic rings. The first-order chi connectivity index (χ1) is 7.78. The highest BCUT2D eigenvalue weighted by molar-refractivity contribution is 5.69. The van der Waals surface area contributed by atoms with E-state index in [1.54, 1.807) is 20.8 Å². The molecule has 1 amide bonds. The molecule has 0 aromatic carbocycles. The fraction of sp³-hybridized carbons (Fsp3) is 0.833. The van der Waals surface area contributed by atoms with Crippen molar-refractivity contribution in [2.75, 3.05) is 6.54 Å². The van der Waals surface area contributed by atoms with E-state index in [-0.39, 0.29) is 12.3 Å². The van der Waals surface area contributed by atoms with E-state index >= 15 is 0 Å². The lowest BCUT2D eigenvalue weighted by Crippen LogP contribution is -2.36. The molecular weight excluding hydrogens is 222 g/mol. The second-order valence-electron chi connectivity index (χ2n) is 5.58. The number of alkyl carbamates (subject to hydrolysis) is 1. The number of hydrogen-bond donors (Lipinski definition) is 2. The van der Waals surface area contributed by atoms with Crippen LogP contribution in [0.15, 0.2) is 0 Å². The lowest BCUT2D eigenvalue weighted by molar-refractivity contribution is -0.138. The molecule has 5 heteroatoms. The van der Waals surface area contributed by atoms with Gasteiger partial charge in [-0.15, -0.1) is 0 Å². The predicted octanol–water partition coefficient (Wildman–Crippen LogP) is 2.01. The van der Waals surface area contributed by atoms with Crippen molar-refractivity contribution < 1.29 is 19.4 Å². The van der Waals surface area contributed by atoms with Crippen LogP contribution in [0.3, 0.4) is 0 Å². The third-order valence-electron chi connectivity index (χ3n) is 2.63. The molecule has 0 bridgehead atoms. The maximum absolute atomic E-state index is 11.4. The maximum atomic E-state index is 11.4. The monoisotopic (exact) mass is 243 g/mol. The van der Waals surface area contributed by atoms with Gasteiger partial charge in [0.2, 0.25) is 0 Å². The summed E-state index contributed by atoms with van der Waals surface area (Å²) in [5, 5.41) is 11.4. The summed E-state index contributed by atoms with van der Waals surface area (Å²) < 4.78 is 5.10. The van der Waals surface area contributed by atoms with Crippen LogP contribution in [-0.4, -0.2) is 29.3 Å². The minimum absolute atomic E-state index is 0.0278. The Morgan fingerprint density at radius 2 is 2.00 bits per heavy atom. The molecule has 2 N–H and O–H groups in total. The SMILES string of the molecule is CC(C)(C)OC(=O)NCC(CC(=O)O)C1CC1. The molecule has 1 atom stereocenters. The van der Waals surface area contributed by atoms with Gasteiger partial charge in [0.15, 0.2) is 0 Å². The van der Waals surface area contributed by atoms with Gasteiger partial charge in [-0.05, 0) is 45.4 Å². The predicted molar refractivity (Wildman–Crippen MR) is 62.7 cm³/mol. The van der Waals surface area contributed by atoms with Gasteiger partial charge in [0, 0.05) is 6.54 Å². The number of nitrogens with one attached hydrogen (secondary N) is 1. The van der Waals surface area contributed by atoms with E-state index in [1.807, 2.05) is 0 Å². The maximum Gasteiger partial charge on any atom is 0.407 e. The molecule has 0 saturated heterocycles. The van der Waals surface area contributed by atoms with Crippen molar-refractivity contribution in [3.8, 4) is 0 Å². The van der Waals surface area contributed by atoms with Gasteiger partial charge in [-0.3, -0.25) is 4.79 Å². The molecule has 0 spiro atoms. The Balaban J connectivity index is 2.31. The van der Waals surface area contributed by atoms with E-state index in [0.29, 0.717) is 12.5 Å². The second-order valence-corrected chi connectivity index (χ2v) is 5.58. The summed E-state index contributed by atoms with van der Waals surface area (Å²) in [4.78, 5) is 22.1. The number of ether oxygens (including phenoxy) is 1. The minimum atomic E-state index is -0.812. The number of amides is 1. The molecule has 1 unspecified atom stereocenters. The standard InChI is InChI=1S/C12H21NO4/c1-12(2,3)17-11(16)13-7-9(6-10(14)15)8-4-5-8/h8-9H,4-7H2,1-3H3,(H,13,16)(H,14,15). The normalized spacial score (nSPS) is 17.4. The van der Waals surface area contributed by atoms with E-state index in [1.165, 1.54) is 0 Å². The Labute approximate surface area is 102 Å². The highest BCUT2D eigenvalue weighted by Crippen LogP contribution is 2.38. The average Bonchev–Trinajstić information content (AvgIpc) is 2.91. The van der Waals surface area contributed by atoms with Gasteiger partial charge >= 0.3 is 12.1 Å². The van der Waals surface area contributed by atoms with Crippen LogP contribution in [0.4, 0.5) is 4.79 Å². The van der Waals surface area contributed by atoms with Crippen LogP contribution in [0.25, 0.3) is 0 Å². The smallest absolute Gasteiger partial charge is 0.407 e. The first-order valence-electron chi connectivity index (χ1n) is 5.96. The fourth-order valence-electron chi connectivity index (χ4n) is 1.73. The third kappa shape index (κ3) is 6.14. The number of carbonyl (C=O) groups is 2. The molecule has 0 heterocycles. The van der Waals surface area contributed by atoms with Crippen molar-refractivity contribution in [1.82, 2.24) is 5.32 Å². The summed E-state index contributed by atoms with van der Waals surface area (Å²) in [5.74, 6) is -0.339. The van der Waals surface area contributed by atoms with Gasteiger partial charge in [-0.1, -0.05) is 0 Å². The lowest BCUT2D eigenvalue weighted by Gasteiger charge is -2.21. The molecule has 0 aromatic heterocycles. The van der Waals surface area contributed by atoms with Crippen molar-refractivity contribution in [3.05, 3.63) is 0 Å². The highest BCUT2D eigenvalue weighted by Gasteiger charge is 2.33. The number of carboxylic acid groups (broad SMARTS) is 1. The highest BCUT2D eigenvalue weighted by atomic mass is 16.6. The molecule has 0 aromatic rings. The Morgan fingerprint density at radius 3 is 2.41 bits per heavy atom. The summed E-state index contributed by atoms with van der Waals surface area (Å²) >= 11 is 0. The van der Waals surface area contributed by atoms with Crippen LogP contribution in [0.2, 0.25) is 0 Å². The number of carbonyl (C=O) groups excluding carboxylic acids is 1. The van der Waals surface area contributed by atoms with Gasteiger partial charge in [-0.25, -0.2) is 4.79 Å². The number of rotatable bonds is 5. The molecule has 5 nitrogen and oxygen atoms in total. The van der Waals surface area contributed by atoms with E-state index in [4.69, 9.17) is 9.84 Å². The van der Waals surface area contributed by atoms with Crippen molar-refractivity contribution >= 4 is 12.1 Å². The van der Waals surface area contributed by atoms with Gasteiger partial charge in [0.05, 0.1) is 6.42 Å². The summed E-state index contributed by atoms with van der Waals surface area (Å²) in [6.45, 7) is 5.76. The van der Waals surface area contributed by atoms with Crippen LogP contribution < -0.4 is 5.32 Å². The third-order valence-corrected chi connectivity index (χ3v) is 2.63. The molecule has 0 aliphatic heterocycles. The van der Waals surface area contributed by atoms with Crippen molar-refractivity contribution in [1.29, 1.82) is 0 Å². The van der Waals surface area contributed by atoms with E-state index in [2.05, 4.69) is 5.32 Å². The van der Waals surface area contributed by atoms with Crippen molar-refractivity contribution in [2.24, 2.45) is 11.8 Å². The second kappa shape index (κ2) is 5.38. The zero-order valence-corrected chi connectivity index (χ0v) is 10.7. The van der Waals surface area contributed by atoms with Crippen LogP contribution in [-0.2, 0) is 9.53 Å². The van der Waals surface area contributed by atoms with Crippen LogP contribution in [0.5, 0.6) is 0 Å². The van der Waals surface area contributed by atoms with Crippen LogP contribution in [0.1, 0.15) is 40.0 Å². The zero-order chi connectivity index (χ0) is 13.1. The molecular formula is C12H21NO4. The Kier molecular flexibility index (Phi) is 4.37. The topological polar surface area (TPSA) is 75.6 Å². The van der Waals surface area contributed by atoms with E-state index < -0.39 is 17.7 Å². The van der Waals surface area contributed by atoms with Crippen LogP contribution in [0, 0.1) is 11.8 Å². The molecule has 1 rings (SSSR count). The molecule has 17 heavy (non-hydrogen) atoms. The quantitative estimate of drug-likeness (QED) is 0.774. The van der Waals surface area contributed by atoms with E-state index in [9.17, 15) is 9.59 Å². The first-order valence-corrected chi connectivity index (χ1v) is 5.96. The fourth-order valence-corrected chi connectivity index (χ4v) is 1.73. The van der Waals surface area contributed by atoms with E-state index in [0.717, 1.165) is 12.8 Å². The molecule has 1 aliphatic carbocycles. The Bertz CT molecular complexity index is 291. The van der Waals surface area contributed by atoms with Crippen molar-refractivity contribution in [3.63, 3.8) is 0 Å². The van der Waals surface area contributed by atoms with Crippen LogP contribution >= 0.6 is 0 Å². The summed E-state index contributed by atoms with van der Waals surface area (Å²) in [7, 11) is 0. The largest absolute Gasteiger partial charge is 0.481 e. The molecule has 1 fully saturated rings. The summed E-state index contributed by atoms with van der Waals surface area (Å²) in [5.41, 5.74) is -0.522.